The Hall–Kier alpha value is -0.650. The molecule has 98 valence electrons. The minimum Gasteiger partial charge on any atom is -0.480 e. The van der Waals surface area contributed by atoms with Gasteiger partial charge in [0.2, 0.25) is 0 Å². The van der Waals surface area contributed by atoms with Crippen LogP contribution < -0.4 is 5.73 Å². The quantitative estimate of drug-likeness (QED) is 0.747. The lowest BCUT2D eigenvalue weighted by atomic mass is 9.94. The summed E-state index contributed by atoms with van der Waals surface area (Å²) in [7, 11) is 0. The predicted octanol–water partition coefficient (Wildman–Crippen LogP) is 0.430. The molecule has 2 aliphatic heterocycles. The molecule has 4 atom stereocenters. The number of fused-ring (bicyclic) bond motifs is 2. The predicted molar refractivity (Wildman–Crippen MR) is 63.8 cm³/mol. The zero-order chi connectivity index (χ0) is 12.6. The van der Waals surface area contributed by atoms with Crippen LogP contribution in [0.4, 0.5) is 0 Å². The summed E-state index contributed by atoms with van der Waals surface area (Å²) in [5.41, 5.74) is 4.65. The molecule has 2 heterocycles. The van der Waals surface area contributed by atoms with E-state index in [4.69, 9.17) is 15.6 Å². The van der Waals surface area contributed by atoms with Crippen molar-refractivity contribution < 1.29 is 14.6 Å². The number of rotatable bonds is 4. The second-order valence-corrected chi connectivity index (χ2v) is 5.69. The normalized spacial score (nSPS) is 34.3. The van der Waals surface area contributed by atoms with Crippen molar-refractivity contribution in [2.24, 2.45) is 5.73 Å². The SMILES string of the molecule is CC(CC(C)(N)C(=O)O)N1CC2CCC(C1)O2. The average molecular weight is 242 g/mol. The van der Waals surface area contributed by atoms with Crippen LogP contribution in [0, 0.1) is 0 Å². The standard InChI is InChI=1S/C12H22N2O3/c1-8(5-12(2,13)11(15)16)14-6-9-3-4-10(7-14)17-9/h8-10H,3-7,13H2,1-2H3,(H,15,16). The molecule has 0 aromatic heterocycles. The number of ether oxygens (including phenoxy) is 1. The van der Waals surface area contributed by atoms with Crippen molar-refractivity contribution in [3.63, 3.8) is 0 Å². The van der Waals surface area contributed by atoms with Crippen LogP contribution in [0.2, 0.25) is 0 Å². The Labute approximate surface area is 102 Å². The highest BCUT2D eigenvalue weighted by Gasteiger charge is 2.38. The minimum absolute atomic E-state index is 0.188. The van der Waals surface area contributed by atoms with Crippen molar-refractivity contribution >= 4 is 5.97 Å². The fourth-order valence-electron chi connectivity index (χ4n) is 2.84. The summed E-state index contributed by atoms with van der Waals surface area (Å²) in [6.07, 6.45) is 3.41. The zero-order valence-electron chi connectivity index (χ0n) is 10.6. The van der Waals surface area contributed by atoms with Crippen LogP contribution in [0.1, 0.15) is 33.1 Å². The van der Waals surface area contributed by atoms with Crippen molar-refractivity contribution in [3.05, 3.63) is 0 Å². The van der Waals surface area contributed by atoms with Gasteiger partial charge in [-0.3, -0.25) is 9.69 Å². The number of nitrogens with zero attached hydrogens (tertiary/aromatic N) is 1. The highest BCUT2D eigenvalue weighted by atomic mass is 16.5. The van der Waals surface area contributed by atoms with Crippen LogP contribution in [-0.2, 0) is 9.53 Å². The molecule has 0 aromatic carbocycles. The molecule has 0 radical (unpaired) electrons. The van der Waals surface area contributed by atoms with E-state index in [-0.39, 0.29) is 6.04 Å². The smallest absolute Gasteiger partial charge is 0.323 e. The van der Waals surface area contributed by atoms with E-state index in [1.807, 2.05) is 0 Å². The van der Waals surface area contributed by atoms with Crippen molar-refractivity contribution in [1.29, 1.82) is 0 Å². The van der Waals surface area contributed by atoms with E-state index in [0.29, 0.717) is 18.6 Å². The molecule has 4 unspecified atom stereocenters. The van der Waals surface area contributed by atoms with E-state index >= 15 is 0 Å². The van der Waals surface area contributed by atoms with Crippen molar-refractivity contribution in [2.75, 3.05) is 13.1 Å². The highest BCUT2D eigenvalue weighted by molar-refractivity contribution is 5.77. The lowest BCUT2D eigenvalue weighted by Gasteiger charge is -2.38. The Morgan fingerprint density at radius 1 is 1.53 bits per heavy atom. The first-order valence-electron chi connectivity index (χ1n) is 6.30. The number of carboxylic acids is 1. The monoisotopic (exact) mass is 242 g/mol. The molecule has 2 aliphatic rings. The van der Waals surface area contributed by atoms with E-state index in [0.717, 1.165) is 25.9 Å². The molecule has 2 fully saturated rings. The molecule has 0 aliphatic carbocycles. The maximum atomic E-state index is 11.0. The van der Waals surface area contributed by atoms with Gasteiger partial charge in [0, 0.05) is 19.1 Å². The Morgan fingerprint density at radius 3 is 2.53 bits per heavy atom. The summed E-state index contributed by atoms with van der Waals surface area (Å²) < 4.78 is 5.77. The topological polar surface area (TPSA) is 75.8 Å². The molecule has 2 rings (SSSR count). The van der Waals surface area contributed by atoms with Gasteiger partial charge in [0.05, 0.1) is 12.2 Å². The highest BCUT2D eigenvalue weighted by Crippen LogP contribution is 2.28. The molecule has 2 saturated heterocycles. The molecule has 2 bridgehead atoms. The zero-order valence-corrected chi connectivity index (χ0v) is 10.6. The number of carbonyl (C=O) groups is 1. The van der Waals surface area contributed by atoms with Gasteiger partial charge in [0.1, 0.15) is 5.54 Å². The summed E-state index contributed by atoms with van der Waals surface area (Å²) in [6.45, 7) is 5.46. The molecule has 17 heavy (non-hydrogen) atoms. The lowest BCUT2D eigenvalue weighted by Crippen LogP contribution is -2.53. The molecule has 0 aromatic rings. The van der Waals surface area contributed by atoms with Gasteiger partial charge in [0.25, 0.3) is 0 Å². The van der Waals surface area contributed by atoms with Gasteiger partial charge in [-0.25, -0.2) is 0 Å². The van der Waals surface area contributed by atoms with Crippen LogP contribution >= 0.6 is 0 Å². The number of aliphatic carboxylic acids is 1. The van der Waals surface area contributed by atoms with Crippen molar-refractivity contribution in [3.8, 4) is 0 Å². The third-order valence-electron chi connectivity index (χ3n) is 3.90. The van der Waals surface area contributed by atoms with Crippen LogP contribution in [0.25, 0.3) is 0 Å². The molecular weight excluding hydrogens is 220 g/mol. The van der Waals surface area contributed by atoms with E-state index in [2.05, 4.69) is 11.8 Å². The van der Waals surface area contributed by atoms with Crippen LogP contribution in [0.3, 0.4) is 0 Å². The van der Waals surface area contributed by atoms with Gasteiger partial charge in [0.15, 0.2) is 0 Å². The molecule has 3 N–H and O–H groups in total. The number of likely N-dealkylation sites (tertiary alicyclic amines) is 1. The molecule has 0 saturated carbocycles. The molecule has 0 spiro atoms. The van der Waals surface area contributed by atoms with Gasteiger partial charge in [-0.2, -0.15) is 0 Å². The first kappa shape index (κ1) is 12.8. The van der Waals surface area contributed by atoms with Gasteiger partial charge >= 0.3 is 5.97 Å². The van der Waals surface area contributed by atoms with E-state index in [1.165, 1.54) is 0 Å². The summed E-state index contributed by atoms with van der Waals surface area (Å²) in [4.78, 5) is 13.3. The first-order chi connectivity index (χ1) is 7.88. The number of hydrogen-bond donors (Lipinski definition) is 2. The Bertz CT molecular complexity index is 294. The summed E-state index contributed by atoms with van der Waals surface area (Å²) >= 11 is 0. The minimum atomic E-state index is -1.14. The van der Waals surface area contributed by atoms with E-state index in [9.17, 15) is 4.79 Å². The maximum Gasteiger partial charge on any atom is 0.323 e. The third kappa shape index (κ3) is 2.78. The molecule has 0 amide bonds. The molecule has 5 heteroatoms. The summed E-state index contributed by atoms with van der Waals surface area (Å²) in [5, 5.41) is 9.04. The first-order valence-corrected chi connectivity index (χ1v) is 6.30. The third-order valence-corrected chi connectivity index (χ3v) is 3.90. The fourth-order valence-corrected chi connectivity index (χ4v) is 2.84. The van der Waals surface area contributed by atoms with Gasteiger partial charge in [-0.05, 0) is 33.1 Å². The molecule has 5 nitrogen and oxygen atoms in total. The maximum absolute atomic E-state index is 11.0. The van der Waals surface area contributed by atoms with Crippen LogP contribution in [0.5, 0.6) is 0 Å². The van der Waals surface area contributed by atoms with Crippen molar-refractivity contribution in [2.45, 2.75) is 56.9 Å². The second kappa shape index (κ2) is 4.55. The van der Waals surface area contributed by atoms with Crippen LogP contribution in [-0.4, -0.2) is 52.9 Å². The van der Waals surface area contributed by atoms with E-state index < -0.39 is 11.5 Å². The number of morpholine rings is 1. The number of hydrogen-bond acceptors (Lipinski definition) is 4. The Morgan fingerprint density at radius 2 is 2.06 bits per heavy atom. The lowest BCUT2D eigenvalue weighted by molar-refractivity contribution is -0.143. The van der Waals surface area contributed by atoms with Gasteiger partial charge in [-0.1, -0.05) is 0 Å². The fraction of sp³-hybridized carbons (Fsp3) is 0.917. The Balaban J connectivity index is 1.92. The number of carboxylic acid groups (broad SMARTS) is 1. The molecular formula is C12H22N2O3. The summed E-state index contributed by atoms with van der Waals surface area (Å²) in [5.74, 6) is -0.930. The van der Waals surface area contributed by atoms with Crippen molar-refractivity contribution in [1.82, 2.24) is 4.90 Å². The average Bonchev–Trinajstić information content (AvgIpc) is 2.56. The van der Waals surface area contributed by atoms with Gasteiger partial charge < -0.3 is 15.6 Å². The summed E-state index contributed by atoms with van der Waals surface area (Å²) in [6, 6.07) is 0.188. The van der Waals surface area contributed by atoms with Crippen LogP contribution in [0.15, 0.2) is 0 Å². The van der Waals surface area contributed by atoms with Gasteiger partial charge in [-0.15, -0.1) is 0 Å². The largest absolute Gasteiger partial charge is 0.480 e. The number of nitrogens with two attached hydrogens (primary N) is 1. The Kier molecular flexibility index (Phi) is 3.43. The second-order valence-electron chi connectivity index (χ2n) is 5.69. The van der Waals surface area contributed by atoms with E-state index in [1.54, 1.807) is 6.92 Å².